The van der Waals surface area contributed by atoms with Crippen LogP contribution in [0.5, 0.6) is 0 Å². The molecule has 0 saturated carbocycles. The SMILES string of the molecule is CC(C)(C)C(CCO)NC(=O)CCOCC(F)(F)F. The molecule has 0 spiro atoms. The molecule has 0 aliphatic carbocycles. The van der Waals surface area contributed by atoms with Crippen molar-refractivity contribution in [3.05, 3.63) is 0 Å². The van der Waals surface area contributed by atoms with Gasteiger partial charge in [-0.3, -0.25) is 4.79 Å². The smallest absolute Gasteiger partial charge is 0.396 e. The summed E-state index contributed by atoms with van der Waals surface area (Å²) in [6.07, 6.45) is -4.10. The lowest BCUT2D eigenvalue weighted by molar-refractivity contribution is -0.174. The summed E-state index contributed by atoms with van der Waals surface area (Å²) in [5.74, 6) is -0.379. The van der Waals surface area contributed by atoms with Gasteiger partial charge < -0.3 is 15.2 Å². The van der Waals surface area contributed by atoms with E-state index in [2.05, 4.69) is 10.1 Å². The Labute approximate surface area is 111 Å². The lowest BCUT2D eigenvalue weighted by Gasteiger charge is -2.31. The Morgan fingerprint density at radius 3 is 2.32 bits per heavy atom. The van der Waals surface area contributed by atoms with Crippen LogP contribution in [0.3, 0.4) is 0 Å². The second-order valence-electron chi connectivity index (χ2n) is 5.42. The number of hydrogen-bond acceptors (Lipinski definition) is 3. The summed E-state index contributed by atoms with van der Waals surface area (Å²) in [5.41, 5.74) is -0.231. The summed E-state index contributed by atoms with van der Waals surface area (Å²) in [6.45, 7) is 4.04. The van der Waals surface area contributed by atoms with Crippen LogP contribution >= 0.6 is 0 Å². The number of halogens is 3. The number of rotatable bonds is 7. The number of carbonyl (C=O) groups is 1. The van der Waals surface area contributed by atoms with Crippen molar-refractivity contribution in [2.75, 3.05) is 19.8 Å². The quantitative estimate of drug-likeness (QED) is 0.702. The summed E-state index contributed by atoms with van der Waals surface area (Å²) in [6, 6.07) is -0.229. The zero-order valence-corrected chi connectivity index (χ0v) is 11.5. The Hall–Kier alpha value is -0.820. The van der Waals surface area contributed by atoms with Crippen molar-refractivity contribution in [2.45, 2.75) is 45.8 Å². The van der Waals surface area contributed by atoms with E-state index in [0.29, 0.717) is 6.42 Å². The normalized spacial score (nSPS) is 14.3. The van der Waals surface area contributed by atoms with E-state index in [0.717, 1.165) is 0 Å². The highest BCUT2D eigenvalue weighted by Crippen LogP contribution is 2.21. The highest BCUT2D eigenvalue weighted by atomic mass is 19.4. The standard InChI is InChI=1S/C12H22F3NO3/c1-11(2,3)9(4-6-17)16-10(18)5-7-19-8-12(13,14)15/h9,17H,4-8H2,1-3H3,(H,16,18). The van der Waals surface area contributed by atoms with Crippen molar-refractivity contribution in [2.24, 2.45) is 5.41 Å². The summed E-state index contributed by atoms with van der Waals surface area (Å²) in [4.78, 5) is 11.5. The molecule has 0 aliphatic rings. The van der Waals surface area contributed by atoms with E-state index in [1.807, 2.05) is 20.8 Å². The fourth-order valence-electron chi connectivity index (χ4n) is 1.47. The molecule has 2 N–H and O–H groups in total. The van der Waals surface area contributed by atoms with Crippen molar-refractivity contribution < 1.29 is 27.8 Å². The first-order valence-electron chi connectivity index (χ1n) is 6.11. The average Bonchev–Trinajstić information content (AvgIpc) is 2.21. The number of amides is 1. The zero-order valence-electron chi connectivity index (χ0n) is 11.5. The summed E-state index contributed by atoms with van der Waals surface area (Å²) < 4.78 is 39.7. The second kappa shape index (κ2) is 7.69. The van der Waals surface area contributed by atoms with Crippen molar-refractivity contribution in [1.29, 1.82) is 0 Å². The third-order valence-corrected chi connectivity index (χ3v) is 2.54. The third-order valence-electron chi connectivity index (χ3n) is 2.54. The first kappa shape index (κ1) is 18.2. The molecule has 1 amide bonds. The molecule has 19 heavy (non-hydrogen) atoms. The molecule has 0 saturated heterocycles. The molecule has 0 fully saturated rings. The fraction of sp³-hybridized carbons (Fsp3) is 0.917. The third kappa shape index (κ3) is 9.72. The van der Waals surface area contributed by atoms with Gasteiger partial charge in [0.2, 0.25) is 5.91 Å². The van der Waals surface area contributed by atoms with Crippen LogP contribution in [0.15, 0.2) is 0 Å². The van der Waals surface area contributed by atoms with Gasteiger partial charge in [-0.1, -0.05) is 20.8 Å². The van der Waals surface area contributed by atoms with E-state index in [4.69, 9.17) is 5.11 Å². The van der Waals surface area contributed by atoms with Crippen molar-refractivity contribution in [3.8, 4) is 0 Å². The van der Waals surface area contributed by atoms with E-state index in [9.17, 15) is 18.0 Å². The molecule has 114 valence electrons. The Kier molecular flexibility index (Phi) is 7.36. The number of carbonyl (C=O) groups excluding carboxylic acids is 1. The maximum absolute atomic E-state index is 11.8. The number of hydrogen-bond donors (Lipinski definition) is 2. The fourth-order valence-corrected chi connectivity index (χ4v) is 1.47. The molecule has 0 aromatic heterocycles. The first-order valence-corrected chi connectivity index (χ1v) is 6.11. The minimum Gasteiger partial charge on any atom is -0.396 e. The summed E-state index contributed by atoms with van der Waals surface area (Å²) in [5, 5.41) is 11.6. The molecule has 0 radical (unpaired) electrons. The predicted molar refractivity (Wildman–Crippen MR) is 64.6 cm³/mol. The monoisotopic (exact) mass is 285 g/mol. The molecule has 1 atom stereocenters. The lowest BCUT2D eigenvalue weighted by atomic mass is 9.85. The van der Waals surface area contributed by atoms with Crippen LogP contribution in [0.4, 0.5) is 13.2 Å². The summed E-state index contributed by atoms with van der Waals surface area (Å²) in [7, 11) is 0. The van der Waals surface area contributed by atoms with Gasteiger partial charge in [-0.2, -0.15) is 13.2 Å². The number of ether oxygens (including phenoxy) is 1. The van der Waals surface area contributed by atoms with Crippen molar-refractivity contribution in [1.82, 2.24) is 5.32 Å². The Morgan fingerprint density at radius 2 is 1.89 bits per heavy atom. The van der Waals surface area contributed by atoms with Crippen LogP contribution in [0, 0.1) is 5.41 Å². The van der Waals surface area contributed by atoms with Crippen LogP contribution in [-0.4, -0.2) is 43.1 Å². The Bertz CT molecular complexity index is 274. The van der Waals surface area contributed by atoms with Gasteiger partial charge in [0.15, 0.2) is 0 Å². The van der Waals surface area contributed by atoms with E-state index < -0.39 is 12.8 Å². The van der Waals surface area contributed by atoms with Gasteiger partial charge in [0.25, 0.3) is 0 Å². The molecule has 0 bridgehead atoms. The largest absolute Gasteiger partial charge is 0.411 e. The van der Waals surface area contributed by atoms with Crippen LogP contribution < -0.4 is 5.32 Å². The van der Waals surface area contributed by atoms with Gasteiger partial charge in [-0.25, -0.2) is 0 Å². The van der Waals surface area contributed by atoms with Gasteiger partial charge in [0.1, 0.15) is 6.61 Å². The highest BCUT2D eigenvalue weighted by Gasteiger charge is 2.28. The molecule has 0 heterocycles. The Morgan fingerprint density at radius 1 is 1.32 bits per heavy atom. The van der Waals surface area contributed by atoms with Crippen LogP contribution in [0.25, 0.3) is 0 Å². The number of nitrogens with one attached hydrogen (secondary N) is 1. The van der Waals surface area contributed by atoms with Crippen LogP contribution in [-0.2, 0) is 9.53 Å². The number of aliphatic hydroxyl groups excluding tert-OH is 1. The molecule has 4 nitrogen and oxygen atoms in total. The molecule has 0 rings (SSSR count). The van der Waals surface area contributed by atoms with Crippen LogP contribution in [0.1, 0.15) is 33.6 Å². The second-order valence-corrected chi connectivity index (χ2v) is 5.42. The number of aliphatic hydroxyl groups is 1. The van der Waals surface area contributed by atoms with Crippen LogP contribution in [0.2, 0.25) is 0 Å². The van der Waals surface area contributed by atoms with Gasteiger partial charge in [-0.05, 0) is 11.8 Å². The molecule has 1 unspecified atom stereocenters. The topological polar surface area (TPSA) is 58.6 Å². The van der Waals surface area contributed by atoms with Gasteiger partial charge in [-0.15, -0.1) is 0 Å². The minimum atomic E-state index is -4.37. The van der Waals surface area contributed by atoms with Gasteiger partial charge >= 0.3 is 6.18 Å². The maximum Gasteiger partial charge on any atom is 0.411 e. The van der Waals surface area contributed by atoms with E-state index in [1.54, 1.807) is 0 Å². The minimum absolute atomic E-state index is 0.0627. The van der Waals surface area contributed by atoms with Crippen molar-refractivity contribution in [3.63, 3.8) is 0 Å². The maximum atomic E-state index is 11.8. The molecular weight excluding hydrogens is 263 g/mol. The highest BCUT2D eigenvalue weighted by molar-refractivity contribution is 5.76. The molecule has 7 heteroatoms. The van der Waals surface area contributed by atoms with Crippen molar-refractivity contribution >= 4 is 5.91 Å². The molecule has 0 aromatic carbocycles. The predicted octanol–water partition coefficient (Wildman–Crippen LogP) is 1.87. The van der Waals surface area contributed by atoms with Gasteiger partial charge in [0, 0.05) is 19.1 Å². The summed E-state index contributed by atoms with van der Waals surface area (Å²) >= 11 is 0. The molecule has 0 aromatic rings. The van der Waals surface area contributed by atoms with E-state index in [1.165, 1.54) is 0 Å². The average molecular weight is 285 g/mol. The zero-order chi connectivity index (χ0) is 15.1. The van der Waals surface area contributed by atoms with E-state index >= 15 is 0 Å². The number of alkyl halides is 3. The van der Waals surface area contributed by atoms with E-state index in [-0.39, 0.29) is 37.0 Å². The molecular formula is C12H22F3NO3. The molecule has 0 aliphatic heterocycles. The van der Waals surface area contributed by atoms with Gasteiger partial charge in [0.05, 0.1) is 6.61 Å². The lowest BCUT2D eigenvalue weighted by Crippen LogP contribution is -2.44. The Balaban J connectivity index is 4.01. The first-order chi connectivity index (χ1) is 8.56.